The topological polar surface area (TPSA) is 29.3 Å². The van der Waals surface area contributed by atoms with Gasteiger partial charge in [0.15, 0.2) is 0 Å². The zero-order valence-electron chi connectivity index (χ0n) is 15.4. The third-order valence-corrected chi connectivity index (χ3v) is 5.93. The van der Waals surface area contributed by atoms with Crippen LogP contribution in [0, 0.1) is 17.8 Å². The maximum absolute atomic E-state index is 12.6. The standard InChI is InChI=1S/C21H31NO2/c1-14(2)18-11-10-15(3)12-20(18)24-21(23)19-13-22(19)16(4)17-8-6-5-7-9-17/h5-9,14-16,18-20H,10-13H2,1-4H3/t15-,16+,18+,19+,20-,22?/m0/s1. The van der Waals surface area contributed by atoms with Crippen LogP contribution in [0.2, 0.25) is 0 Å². The van der Waals surface area contributed by atoms with E-state index in [-0.39, 0.29) is 24.2 Å². The van der Waals surface area contributed by atoms with E-state index in [0.717, 1.165) is 13.0 Å². The van der Waals surface area contributed by atoms with E-state index in [1.165, 1.54) is 18.4 Å². The predicted molar refractivity (Wildman–Crippen MR) is 96.6 cm³/mol. The number of carbonyl (C=O) groups excluding carboxylic acids is 1. The van der Waals surface area contributed by atoms with E-state index in [1.54, 1.807) is 0 Å². The lowest BCUT2D eigenvalue weighted by atomic mass is 9.75. The monoisotopic (exact) mass is 329 g/mol. The van der Waals surface area contributed by atoms with Gasteiger partial charge < -0.3 is 4.74 Å². The number of esters is 1. The van der Waals surface area contributed by atoms with E-state index in [9.17, 15) is 4.79 Å². The Bertz CT molecular complexity index is 556. The van der Waals surface area contributed by atoms with Gasteiger partial charge in [0.2, 0.25) is 0 Å². The first-order valence-corrected chi connectivity index (χ1v) is 9.48. The molecule has 24 heavy (non-hydrogen) atoms. The summed E-state index contributed by atoms with van der Waals surface area (Å²) in [5.41, 5.74) is 1.26. The molecule has 1 heterocycles. The van der Waals surface area contributed by atoms with Crippen molar-refractivity contribution in [1.82, 2.24) is 4.90 Å². The van der Waals surface area contributed by atoms with E-state index in [0.29, 0.717) is 17.8 Å². The molecule has 1 saturated carbocycles. The minimum Gasteiger partial charge on any atom is -0.461 e. The molecule has 1 unspecified atom stereocenters. The zero-order valence-corrected chi connectivity index (χ0v) is 15.4. The Morgan fingerprint density at radius 3 is 2.54 bits per heavy atom. The summed E-state index contributed by atoms with van der Waals surface area (Å²) < 4.78 is 6.00. The van der Waals surface area contributed by atoms with Crippen molar-refractivity contribution in [1.29, 1.82) is 0 Å². The molecule has 6 atom stereocenters. The summed E-state index contributed by atoms with van der Waals surface area (Å²) >= 11 is 0. The van der Waals surface area contributed by atoms with Crippen molar-refractivity contribution in [2.45, 2.75) is 65.1 Å². The molecule has 1 aliphatic carbocycles. The highest BCUT2D eigenvalue weighted by Gasteiger charge is 2.46. The van der Waals surface area contributed by atoms with Crippen LogP contribution in [-0.2, 0) is 9.53 Å². The third-order valence-electron chi connectivity index (χ3n) is 5.93. The van der Waals surface area contributed by atoms with Gasteiger partial charge in [-0.2, -0.15) is 0 Å². The Kier molecular flexibility index (Phi) is 5.29. The summed E-state index contributed by atoms with van der Waals surface area (Å²) in [4.78, 5) is 14.9. The third kappa shape index (κ3) is 3.83. The molecule has 0 amide bonds. The highest BCUT2D eigenvalue weighted by Crippen LogP contribution is 2.37. The molecular weight excluding hydrogens is 298 g/mol. The van der Waals surface area contributed by atoms with Gasteiger partial charge in [-0.25, -0.2) is 0 Å². The lowest BCUT2D eigenvalue weighted by Crippen LogP contribution is -2.37. The Labute approximate surface area is 146 Å². The molecule has 1 aromatic carbocycles. The van der Waals surface area contributed by atoms with Crippen molar-refractivity contribution >= 4 is 5.97 Å². The van der Waals surface area contributed by atoms with Crippen LogP contribution in [0.25, 0.3) is 0 Å². The van der Waals surface area contributed by atoms with E-state index >= 15 is 0 Å². The van der Waals surface area contributed by atoms with Gasteiger partial charge in [-0.15, -0.1) is 0 Å². The van der Waals surface area contributed by atoms with Crippen LogP contribution in [0.1, 0.15) is 58.6 Å². The highest BCUT2D eigenvalue weighted by atomic mass is 16.5. The molecule has 0 spiro atoms. The number of hydrogen-bond donors (Lipinski definition) is 0. The molecule has 0 radical (unpaired) electrons. The van der Waals surface area contributed by atoms with E-state index in [2.05, 4.69) is 56.9 Å². The van der Waals surface area contributed by atoms with Gasteiger partial charge in [-0.3, -0.25) is 9.69 Å². The molecule has 3 nitrogen and oxygen atoms in total. The molecule has 132 valence electrons. The number of rotatable bonds is 5. The fourth-order valence-electron chi connectivity index (χ4n) is 4.19. The molecule has 3 heteroatoms. The normalized spacial score (nSPS) is 34.0. The van der Waals surface area contributed by atoms with Crippen molar-refractivity contribution in [2.24, 2.45) is 17.8 Å². The minimum absolute atomic E-state index is 0.0115. The SMILES string of the molecule is CC(C)[C@H]1CC[C@H](C)C[C@@H]1OC(=O)[C@H]1CN1[C@H](C)c1ccccc1. The Hall–Kier alpha value is -1.35. The molecule has 1 saturated heterocycles. The van der Waals surface area contributed by atoms with Crippen LogP contribution < -0.4 is 0 Å². The average molecular weight is 329 g/mol. The maximum Gasteiger partial charge on any atom is 0.325 e. The lowest BCUT2D eigenvalue weighted by Gasteiger charge is -2.36. The van der Waals surface area contributed by atoms with Crippen molar-refractivity contribution in [2.75, 3.05) is 6.54 Å². The molecule has 2 aliphatic rings. The molecule has 2 fully saturated rings. The van der Waals surface area contributed by atoms with E-state index in [1.807, 2.05) is 6.07 Å². The van der Waals surface area contributed by atoms with Crippen LogP contribution in [-0.4, -0.2) is 29.6 Å². The smallest absolute Gasteiger partial charge is 0.325 e. The maximum atomic E-state index is 12.6. The lowest BCUT2D eigenvalue weighted by molar-refractivity contribution is -0.156. The first kappa shape index (κ1) is 17.5. The second-order valence-corrected chi connectivity index (χ2v) is 8.10. The van der Waals surface area contributed by atoms with Gasteiger partial charge in [0, 0.05) is 12.6 Å². The second kappa shape index (κ2) is 7.26. The van der Waals surface area contributed by atoms with Crippen LogP contribution in [0.3, 0.4) is 0 Å². The van der Waals surface area contributed by atoms with Gasteiger partial charge in [0.05, 0.1) is 0 Å². The van der Waals surface area contributed by atoms with Crippen molar-refractivity contribution in [3.8, 4) is 0 Å². The van der Waals surface area contributed by atoms with E-state index < -0.39 is 0 Å². The van der Waals surface area contributed by atoms with Crippen molar-refractivity contribution < 1.29 is 9.53 Å². The van der Waals surface area contributed by atoms with Gasteiger partial charge in [0.1, 0.15) is 12.1 Å². The Morgan fingerprint density at radius 2 is 1.88 bits per heavy atom. The van der Waals surface area contributed by atoms with Crippen LogP contribution in [0.15, 0.2) is 30.3 Å². The van der Waals surface area contributed by atoms with Gasteiger partial charge in [0.25, 0.3) is 0 Å². The number of ether oxygens (including phenoxy) is 1. The summed E-state index contributed by atoms with van der Waals surface area (Å²) in [7, 11) is 0. The van der Waals surface area contributed by atoms with E-state index in [4.69, 9.17) is 4.74 Å². The van der Waals surface area contributed by atoms with Crippen LogP contribution in [0.5, 0.6) is 0 Å². The van der Waals surface area contributed by atoms with Crippen molar-refractivity contribution in [3.05, 3.63) is 35.9 Å². The quantitative estimate of drug-likeness (QED) is 0.591. The summed E-state index contributed by atoms with van der Waals surface area (Å²) in [6.45, 7) is 9.77. The average Bonchev–Trinajstić information content (AvgIpc) is 3.35. The predicted octanol–water partition coefficient (Wildman–Crippen LogP) is 4.44. The molecule has 3 rings (SSSR count). The van der Waals surface area contributed by atoms with Gasteiger partial charge >= 0.3 is 5.97 Å². The fraction of sp³-hybridized carbons (Fsp3) is 0.667. The summed E-state index contributed by atoms with van der Waals surface area (Å²) in [6.07, 6.45) is 3.58. The van der Waals surface area contributed by atoms with Crippen LogP contribution >= 0.6 is 0 Å². The van der Waals surface area contributed by atoms with Gasteiger partial charge in [-0.05, 0) is 43.1 Å². The van der Waals surface area contributed by atoms with Crippen LogP contribution in [0.4, 0.5) is 0 Å². The summed E-state index contributed by atoms with van der Waals surface area (Å²) in [5.74, 6) is 1.75. The number of hydrogen-bond acceptors (Lipinski definition) is 3. The number of nitrogens with zero attached hydrogens (tertiary/aromatic N) is 1. The molecule has 0 N–H and O–H groups in total. The largest absolute Gasteiger partial charge is 0.461 e. The molecule has 0 aromatic heterocycles. The van der Waals surface area contributed by atoms with Crippen molar-refractivity contribution in [3.63, 3.8) is 0 Å². The Morgan fingerprint density at radius 1 is 1.17 bits per heavy atom. The minimum atomic E-state index is -0.0507. The first-order valence-electron chi connectivity index (χ1n) is 9.48. The van der Waals surface area contributed by atoms with Gasteiger partial charge in [-0.1, -0.05) is 57.5 Å². The summed E-state index contributed by atoms with van der Waals surface area (Å²) in [5, 5.41) is 0. The number of carbonyl (C=O) groups is 1. The zero-order chi connectivity index (χ0) is 17.3. The number of benzene rings is 1. The summed E-state index contributed by atoms with van der Waals surface area (Å²) in [6, 6.07) is 10.6. The molecule has 1 aromatic rings. The molecular formula is C21H31NO2. The highest BCUT2D eigenvalue weighted by molar-refractivity contribution is 5.79. The second-order valence-electron chi connectivity index (χ2n) is 8.10. The molecule has 0 bridgehead atoms. The first-order chi connectivity index (χ1) is 11.5. The fourth-order valence-corrected chi connectivity index (χ4v) is 4.19. The molecule has 1 aliphatic heterocycles. The Balaban J connectivity index is 1.57.